The van der Waals surface area contributed by atoms with E-state index >= 15 is 0 Å². The molecule has 2 aromatic rings. The maximum atomic E-state index is 13.1. The highest BCUT2D eigenvalue weighted by Gasteiger charge is 2.49. The highest BCUT2D eigenvalue weighted by atomic mass is 16.2. The summed E-state index contributed by atoms with van der Waals surface area (Å²) < 4.78 is 0. The van der Waals surface area contributed by atoms with Crippen molar-refractivity contribution < 1.29 is 9.59 Å². The Morgan fingerprint density at radius 1 is 1.00 bits per heavy atom. The molecule has 1 atom stereocenters. The van der Waals surface area contributed by atoms with Crippen molar-refractivity contribution in [3.05, 3.63) is 77.4 Å². The van der Waals surface area contributed by atoms with E-state index < -0.39 is 5.54 Å². The number of nitrogens with zero attached hydrogens (tertiary/aromatic N) is 4. The summed E-state index contributed by atoms with van der Waals surface area (Å²) in [6.45, 7) is 6.23. The van der Waals surface area contributed by atoms with Crippen LogP contribution in [0.25, 0.3) is 6.08 Å². The van der Waals surface area contributed by atoms with Crippen LogP contribution >= 0.6 is 0 Å². The Kier molecular flexibility index (Phi) is 6.35. The van der Waals surface area contributed by atoms with Crippen LogP contribution in [-0.4, -0.2) is 66.0 Å². The molecule has 2 aromatic carbocycles. The van der Waals surface area contributed by atoms with Gasteiger partial charge in [-0.3, -0.25) is 14.6 Å². The standard InChI is InChI=1S/C25H27N5O2/c1-25(22-11-9-21(18-26)10-12-22)23(31)30(24(32)27-25)19-29-16-14-28(15-17-29)13-5-8-20-6-3-2-4-7-20/h2-12H,13-17,19H2,1H3,(H,27,32). The summed E-state index contributed by atoms with van der Waals surface area (Å²) in [5, 5.41) is 11.8. The van der Waals surface area contributed by atoms with Crippen LogP contribution in [0, 0.1) is 11.3 Å². The van der Waals surface area contributed by atoms with E-state index in [4.69, 9.17) is 5.26 Å². The van der Waals surface area contributed by atoms with Crippen LogP contribution in [0.5, 0.6) is 0 Å². The number of benzene rings is 2. The molecule has 32 heavy (non-hydrogen) atoms. The van der Waals surface area contributed by atoms with Crippen molar-refractivity contribution in [3.63, 3.8) is 0 Å². The number of piperazine rings is 1. The van der Waals surface area contributed by atoms with E-state index in [0.29, 0.717) is 11.1 Å². The molecule has 0 spiro atoms. The van der Waals surface area contributed by atoms with Gasteiger partial charge in [0.2, 0.25) is 0 Å². The number of urea groups is 1. The monoisotopic (exact) mass is 429 g/mol. The number of nitrogens with one attached hydrogen (secondary N) is 1. The normalized spacial score (nSPS) is 22.3. The molecule has 2 heterocycles. The van der Waals surface area contributed by atoms with E-state index in [-0.39, 0.29) is 18.6 Å². The average Bonchev–Trinajstić information content (AvgIpc) is 3.04. The molecule has 4 rings (SSSR count). The second-order valence-corrected chi connectivity index (χ2v) is 8.35. The molecule has 2 aliphatic heterocycles. The third-order valence-corrected chi connectivity index (χ3v) is 6.15. The number of carbonyl (C=O) groups is 2. The fourth-order valence-corrected chi connectivity index (χ4v) is 4.11. The molecule has 164 valence electrons. The van der Waals surface area contributed by atoms with E-state index in [1.807, 2.05) is 18.2 Å². The van der Waals surface area contributed by atoms with Crippen molar-refractivity contribution in [2.75, 3.05) is 39.4 Å². The summed E-state index contributed by atoms with van der Waals surface area (Å²) in [5.74, 6) is -0.263. The van der Waals surface area contributed by atoms with Gasteiger partial charge in [-0.2, -0.15) is 5.26 Å². The van der Waals surface area contributed by atoms with E-state index in [0.717, 1.165) is 32.7 Å². The zero-order chi connectivity index (χ0) is 22.6. The SMILES string of the molecule is CC1(c2ccc(C#N)cc2)NC(=O)N(CN2CCN(CC=Cc3ccccc3)CC2)C1=O. The van der Waals surface area contributed by atoms with Gasteiger partial charge in [0.1, 0.15) is 5.54 Å². The van der Waals surface area contributed by atoms with Crippen molar-refractivity contribution in [1.82, 2.24) is 20.0 Å². The van der Waals surface area contributed by atoms with Crippen molar-refractivity contribution in [1.29, 1.82) is 5.26 Å². The fourth-order valence-electron chi connectivity index (χ4n) is 4.11. The Hall–Kier alpha value is -3.47. The molecule has 0 radical (unpaired) electrons. The van der Waals surface area contributed by atoms with Gasteiger partial charge in [-0.25, -0.2) is 9.69 Å². The summed E-state index contributed by atoms with van der Waals surface area (Å²) in [7, 11) is 0. The number of carbonyl (C=O) groups excluding carboxylic acids is 2. The van der Waals surface area contributed by atoms with Crippen LogP contribution in [0.3, 0.4) is 0 Å². The van der Waals surface area contributed by atoms with E-state index in [2.05, 4.69) is 45.5 Å². The third-order valence-electron chi connectivity index (χ3n) is 6.15. The highest BCUT2D eigenvalue weighted by molar-refractivity contribution is 6.07. The first-order valence-corrected chi connectivity index (χ1v) is 10.8. The summed E-state index contributed by atoms with van der Waals surface area (Å²) in [6.07, 6.45) is 4.30. The molecule has 3 amide bonds. The zero-order valence-electron chi connectivity index (χ0n) is 18.2. The predicted octanol–water partition coefficient (Wildman–Crippen LogP) is 2.61. The molecular formula is C25H27N5O2. The minimum absolute atomic E-state index is 0.263. The Balaban J connectivity index is 1.31. The zero-order valence-corrected chi connectivity index (χ0v) is 18.2. The fraction of sp³-hybridized carbons (Fsp3) is 0.320. The van der Waals surface area contributed by atoms with Crippen molar-refractivity contribution in [2.24, 2.45) is 0 Å². The van der Waals surface area contributed by atoms with Gasteiger partial charge in [-0.15, -0.1) is 0 Å². The molecule has 7 nitrogen and oxygen atoms in total. The Morgan fingerprint density at radius 2 is 1.66 bits per heavy atom. The van der Waals surface area contributed by atoms with E-state index in [1.165, 1.54) is 10.5 Å². The maximum Gasteiger partial charge on any atom is 0.326 e. The van der Waals surface area contributed by atoms with Crippen LogP contribution in [-0.2, 0) is 10.3 Å². The van der Waals surface area contributed by atoms with Gasteiger partial charge in [0.15, 0.2) is 0 Å². The van der Waals surface area contributed by atoms with Crippen LogP contribution < -0.4 is 5.32 Å². The molecular weight excluding hydrogens is 402 g/mol. The quantitative estimate of drug-likeness (QED) is 0.714. The molecule has 0 saturated carbocycles. The van der Waals surface area contributed by atoms with E-state index in [1.54, 1.807) is 31.2 Å². The minimum atomic E-state index is -1.12. The van der Waals surface area contributed by atoms with Crippen LogP contribution in [0.15, 0.2) is 60.7 Å². The molecule has 2 aliphatic rings. The van der Waals surface area contributed by atoms with Crippen molar-refractivity contribution in [2.45, 2.75) is 12.5 Å². The Bertz CT molecular complexity index is 1040. The topological polar surface area (TPSA) is 79.7 Å². The van der Waals surface area contributed by atoms with Crippen molar-refractivity contribution in [3.8, 4) is 6.07 Å². The number of hydrogen-bond donors (Lipinski definition) is 1. The average molecular weight is 430 g/mol. The lowest BCUT2D eigenvalue weighted by Crippen LogP contribution is -2.51. The molecule has 0 aromatic heterocycles. The smallest absolute Gasteiger partial charge is 0.319 e. The number of hydrogen-bond acceptors (Lipinski definition) is 5. The molecule has 2 fully saturated rings. The molecule has 2 saturated heterocycles. The summed E-state index contributed by atoms with van der Waals surface area (Å²) in [4.78, 5) is 31.5. The van der Waals surface area contributed by atoms with E-state index in [9.17, 15) is 9.59 Å². The second-order valence-electron chi connectivity index (χ2n) is 8.35. The first-order valence-electron chi connectivity index (χ1n) is 10.8. The predicted molar refractivity (Wildman–Crippen MR) is 122 cm³/mol. The van der Waals surface area contributed by atoms with Gasteiger partial charge >= 0.3 is 6.03 Å². The van der Waals surface area contributed by atoms with Crippen LogP contribution in [0.4, 0.5) is 4.79 Å². The van der Waals surface area contributed by atoms with Gasteiger partial charge in [-0.05, 0) is 30.2 Å². The van der Waals surface area contributed by atoms with Crippen LogP contribution in [0.2, 0.25) is 0 Å². The number of amides is 3. The molecule has 0 bridgehead atoms. The van der Waals surface area contributed by atoms with Crippen molar-refractivity contribution >= 4 is 18.0 Å². The number of imide groups is 1. The molecule has 1 N–H and O–H groups in total. The summed E-state index contributed by atoms with van der Waals surface area (Å²) in [6, 6.07) is 18.7. The van der Waals surface area contributed by atoms with Gasteiger partial charge < -0.3 is 5.32 Å². The Morgan fingerprint density at radius 3 is 2.31 bits per heavy atom. The molecule has 1 unspecified atom stereocenters. The van der Waals surface area contributed by atoms with Gasteiger partial charge in [-0.1, -0.05) is 54.6 Å². The number of rotatable bonds is 6. The lowest BCUT2D eigenvalue weighted by atomic mass is 9.91. The van der Waals surface area contributed by atoms with Gasteiger partial charge in [0.05, 0.1) is 18.3 Å². The second kappa shape index (κ2) is 9.35. The first kappa shape index (κ1) is 21.8. The Labute approximate surface area is 188 Å². The van der Waals surface area contributed by atoms with Gasteiger partial charge in [0, 0.05) is 32.7 Å². The first-order chi connectivity index (χ1) is 15.5. The van der Waals surface area contributed by atoms with Gasteiger partial charge in [0.25, 0.3) is 5.91 Å². The third kappa shape index (κ3) is 4.57. The highest BCUT2D eigenvalue weighted by Crippen LogP contribution is 2.29. The molecule has 0 aliphatic carbocycles. The lowest BCUT2D eigenvalue weighted by Gasteiger charge is -2.35. The number of nitriles is 1. The summed E-state index contributed by atoms with van der Waals surface area (Å²) >= 11 is 0. The molecule has 7 heteroatoms. The lowest BCUT2D eigenvalue weighted by molar-refractivity contribution is -0.132. The minimum Gasteiger partial charge on any atom is -0.319 e. The largest absolute Gasteiger partial charge is 0.326 e. The summed E-state index contributed by atoms with van der Waals surface area (Å²) in [5.41, 5.74) is 1.26. The van der Waals surface area contributed by atoms with Crippen LogP contribution in [0.1, 0.15) is 23.6 Å². The maximum absolute atomic E-state index is 13.1.